The largest absolute Gasteiger partial charge is 0.398 e. The molecule has 3 nitrogen and oxygen atoms in total. The number of hydrogen-bond acceptors (Lipinski definition) is 2. The van der Waals surface area contributed by atoms with Crippen LogP contribution < -0.4 is 11.5 Å². The minimum atomic E-state index is -0.447. The first kappa shape index (κ1) is 10.2. The molecule has 16 heavy (non-hydrogen) atoms. The lowest BCUT2D eigenvalue weighted by Crippen LogP contribution is -2.11. The predicted octanol–water partition coefficient (Wildman–Crippen LogP) is 2.03. The number of carbonyl (C=O) groups excluding carboxylic acids is 1. The Labute approximate surface area is 93.7 Å². The van der Waals surface area contributed by atoms with Crippen LogP contribution in [0.15, 0.2) is 48.5 Å². The highest BCUT2D eigenvalue weighted by Crippen LogP contribution is 2.26. The second-order valence-electron chi connectivity index (χ2n) is 3.53. The number of hydrogen-bond donors (Lipinski definition) is 2. The van der Waals surface area contributed by atoms with Crippen LogP contribution in [-0.2, 0) is 0 Å². The van der Waals surface area contributed by atoms with E-state index in [0.29, 0.717) is 11.3 Å². The van der Waals surface area contributed by atoms with Gasteiger partial charge in [0, 0.05) is 16.8 Å². The Balaban J connectivity index is 2.56. The highest BCUT2D eigenvalue weighted by molar-refractivity contribution is 5.95. The Morgan fingerprint density at radius 3 is 2.31 bits per heavy atom. The number of nitrogens with two attached hydrogens (primary N) is 2. The number of anilines is 1. The lowest BCUT2D eigenvalue weighted by molar-refractivity contribution is 0.100. The SMILES string of the molecule is NC(=O)c1ccc(N)c(-c2ccccc2)c1. The second-order valence-corrected chi connectivity index (χ2v) is 3.53. The normalized spacial score (nSPS) is 10.0. The lowest BCUT2D eigenvalue weighted by atomic mass is 10.0. The van der Waals surface area contributed by atoms with Gasteiger partial charge < -0.3 is 11.5 Å². The maximum absolute atomic E-state index is 11.1. The minimum Gasteiger partial charge on any atom is -0.398 e. The Hall–Kier alpha value is -2.29. The number of benzene rings is 2. The Bertz CT molecular complexity index is 521. The number of rotatable bonds is 2. The van der Waals surface area contributed by atoms with Gasteiger partial charge in [0.2, 0.25) is 5.91 Å². The Morgan fingerprint density at radius 1 is 1.00 bits per heavy atom. The van der Waals surface area contributed by atoms with E-state index < -0.39 is 5.91 Å². The summed E-state index contributed by atoms with van der Waals surface area (Å²) in [6.45, 7) is 0. The third-order valence-corrected chi connectivity index (χ3v) is 2.42. The van der Waals surface area contributed by atoms with Gasteiger partial charge in [0.1, 0.15) is 0 Å². The van der Waals surface area contributed by atoms with Crippen molar-refractivity contribution in [3.05, 3.63) is 54.1 Å². The van der Waals surface area contributed by atoms with E-state index in [2.05, 4.69) is 0 Å². The van der Waals surface area contributed by atoms with Gasteiger partial charge in [0.05, 0.1) is 0 Å². The van der Waals surface area contributed by atoms with Gasteiger partial charge in [-0.2, -0.15) is 0 Å². The van der Waals surface area contributed by atoms with Crippen LogP contribution in [0.2, 0.25) is 0 Å². The molecule has 0 fully saturated rings. The predicted molar refractivity (Wildman–Crippen MR) is 64.8 cm³/mol. The summed E-state index contributed by atoms with van der Waals surface area (Å²) >= 11 is 0. The first-order chi connectivity index (χ1) is 7.68. The summed E-state index contributed by atoms with van der Waals surface area (Å²) in [5.41, 5.74) is 14.0. The quantitative estimate of drug-likeness (QED) is 0.748. The molecule has 0 heterocycles. The van der Waals surface area contributed by atoms with Crippen LogP contribution in [0.3, 0.4) is 0 Å². The third kappa shape index (κ3) is 1.88. The summed E-state index contributed by atoms with van der Waals surface area (Å²) in [4.78, 5) is 11.1. The molecule has 0 saturated heterocycles. The molecule has 2 aromatic carbocycles. The maximum Gasteiger partial charge on any atom is 0.248 e. The molecule has 2 aromatic rings. The van der Waals surface area contributed by atoms with Crippen LogP contribution >= 0.6 is 0 Å². The average molecular weight is 212 g/mol. The molecule has 0 atom stereocenters. The standard InChI is InChI=1S/C13H12N2O/c14-12-7-6-10(13(15)16)8-11(12)9-4-2-1-3-5-9/h1-8H,14H2,(H2,15,16). The van der Waals surface area contributed by atoms with Crippen LogP contribution in [0.4, 0.5) is 5.69 Å². The summed E-state index contributed by atoms with van der Waals surface area (Å²) in [5.74, 6) is -0.447. The van der Waals surface area contributed by atoms with Gasteiger partial charge in [-0.05, 0) is 23.8 Å². The number of carbonyl (C=O) groups is 1. The van der Waals surface area contributed by atoms with E-state index in [1.807, 2.05) is 30.3 Å². The van der Waals surface area contributed by atoms with E-state index in [1.165, 1.54) is 0 Å². The van der Waals surface area contributed by atoms with Gasteiger partial charge in [0.15, 0.2) is 0 Å². The van der Waals surface area contributed by atoms with Crippen LogP contribution in [0.1, 0.15) is 10.4 Å². The van der Waals surface area contributed by atoms with Crippen LogP contribution in [0, 0.1) is 0 Å². The first-order valence-corrected chi connectivity index (χ1v) is 4.93. The van der Waals surface area contributed by atoms with Crippen LogP contribution in [0.25, 0.3) is 11.1 Å². The highest BCUT2D eigenvalue weighted by atomic mass is 16.1. The van der Waals surface area contributed by atoms with Gasteiger partial charge in [0.25, 0.3) is 0 Å². The number of nitrogen functional groups attached to an aromatic ring is 1. The van der Waals surface area contributed by atoms with E-state index >= 15 is 0 Å². The zero-order chi connectivity index (χ0) is 11.5. The molecule has 0 bridgehead atoms. The number of primary amides is 1. The molecule has 0 aliphatic heterocycles. The van der Waals surface area contributed by atoms with Crippen molar-refractivity contribution in [2.24, 2.45) is 5.73 Å². The monoisotopic (exact) mass is 212 g/mol. The Kier molecular flexibility index (Phi) is 2.60. The van der Waals surface area contributed by atoms with Crippen LogP contribution in [0.5, 0.6) is 0 Å². The molecule has 0 unspecified atom stereocenters. The van der Waals surface area contributed by atoms with Crippen molar-refractivity contribution in [2.75, 3.05) is 5.73 Å². The van der Waals surface area contributed by atoms with Gasteiger partial charge in [-0.25, -0.2) is 0 Å². The highest BCUT2D eigenvalue weighted by Gasteiger charge is 2.06. The van der Waals surface area contributed by atoms with Gasteiger partial charge in [-0.1, -0.05) is 30.3 Å². The molecule has 0 aromatic heterocycles. The van der Waals surface area contributed by atoms with Crippen molar-refractivity contribution in [1.82, 2.24) is 0 Å². The fourth-order valence-electron chi connectivity index (χ4n) is 1.58. The van der Waals surface area contributed by atoms with Crippen molar-refractivity contribution >= 4 is 11.6 Å². The number of amides is 1. The Morgan fingerprint density at radius 2 is 1.69 bits per heavy atom. The van der Waals surface area contributed by atoms with E-state index in [-0.39, 0.29) is 0 Å². The fourth-order valence-corrected chi connectivity index (χ4v) is 1.58. The van der Waals surface area contributed by atoms with Crippen molar-refractivity contribution in [2.45, 2.75) is 0 Å². The molecular weight excluding hydrogens is 200 g/mol. The van der Waals surface area contributed by atoms with E-state index in [0.717, 1.165) is 11.1 Å². The summed E-state index contributed by atoms with van der Waals surface area (Å²) < 4.78 is 0. The van der Waals surface area contributed by atoms with Gasteiger partial charge in [-0.3, -0.25) is 4.79 Å². The van der Waals surface area contributed by atoms with Gasteiger partial charge in [-0.15, -0.1) is 0 Å². The minimum absolute atomic E-state index is 0.447. The van der Waals surface area contributed by atoms with Crippen molar-refractivity contribution in [3.8, 4) is 11.1 Å². The molecule has 80 valence electrons. The molecule has 4 N–H and O–H groups in total. The second kappa shape index (κ2) is 4.06. The smallest absolute Gasteiger partial charge is 0.248 e. The average Bonchev–Trinajstić information content (AvgIpc) is 2.30. The molecule has 3 heteroatoms. The van der Waals surface area contributed by atoms with Crippen molar-refractivity contribution in [3.63, 3.8) is 0 Å². The third-order valence-electron chi connectivity index (χ3n) is 2.42. The zero-order valence-corrected chi connectivity index (χ0v) is 8.68. The lowest BCUT2D eigenvalue weighted by Gasteiger charge is -2.07. The summed E-state index contributed by atoms with van der Waals surface area (Å²) in [7, 11) is 0. The zero-order valence-electron chi connectivity index (χ0n) is 8.68. The molecule has 0 spiro atoms. The summed E-state index contributed by atoms with van der Waals surface area (Å²) in [6, 6.07) is 14.7. The van der Waals surface area contributed by atoms with Crippen molar-refractivity contribution < 1.29 is 4.79 Å². The molecule has 0 radical (unpaired) electrons. The summed E-state index contributed by atoms with van der Waals surface area (Å²) in [5, 5.41) is 0. The van der Waals surface area contributed by atoms with E-state index in [9.17, 15) is 4.79 Å². The molecule has 2 rings (SSSR count). The fraction of sp³-hybridized carbons (Fsp3) is 0. The summed E-state index contributed by atoms with van der Waals surface area (Å²) in [6.07, 6.45) is 0. The maximum atomic E-state index is 11.1. The molecule has 0 aliphatic rings. The van der Waals surface area contributed by atoms with E-state index in [4.69, 9.17) is 11.5 Å². The van der Waals surface area contributed by atoms with E-state index in [1.54, 1.807) is 18.2 Å². The molecule has 1 amide bonds. The van der Waals surface area contributed by atoms with Crippen LogP contribution in [-0.4, -0.2) is 5.91 Å². The van der Waals surface area contributed by atoms with Crippen molar-refractivity contribution in [1.29, 1.82) is 0 Å². The molecule has 0 aliphatic carbocycles. The first-order valence-electron chi connectivity index (χ1n) is 4.93. The van der Waals surface area contributed by atoms with Gasteiger partial charge >= 0.3 is 0 Å². The molecule has 0 saturated carbocycles. The molecular formula is C13H12N2O. The topological polar surface area (TPSA) is 69.1 Å².